The number of nitrogens with zero attached hydrogens (tertiary/aromatic N) is 2. The molecule has 1 atom stereocenters. The highest BCUT2D eigenvalue weighted by Gasteiger charge is 2.47. The summed E-state index contributed by atoms with van der Waals surface area (Å²) < 4.78 is 16.7. The Kier molecular flexibility index (Phi) is 5.87. The molecule has 1 saturated heterocycles. The predicted molar refractivity (Wildman–Crippen MR) is 135 cm³/mol. The fourth-order valence-electron chi connectivity index (χ4n) is 6.48. The second kappa shape index (κ2) is 9.04. The van der Waals surface area contributed by atoms with E-state index in [-0.39, 0.29) is 24.9 Å². The van der Waals surface area contributed by atoms with E-state index in [0.29, 0.717) is 0 Å². The Morgan fingerprint density at radius 3 is 2.71 bits per heavy atom. The lowest BCUT2D eigenvalue weighted by atomic mass is 9.68. The van der Waals surface area contributed by atoms with Crippen LogP contribution in [0.4, 0.5) is 0 Å². The summed E-state index contributed by atoms with van der Waals surface area (Å²) in [4.78, 5) is 8.78. The number of methoxy groups -OCH3 is 1. The molecule has 2 aromatic carbocycles. The van der Waals surface area contributed by atoms with E-state index in [9.17, 15) is 5.11 Å². The molecule has 1 fully saturated rings. The summed E-state index contributed by atoms with van der Waals surface area (Å²) in [5.74, 6) is 2.46. The first-order chi connectivity index (χ1) is 17.1. The van der Waals surface area contributed by atoms with Crippen molar-refractivity contribution >= 4 is 10.9 Å². The summed E-state index contributed by atoms with van der Waals surface area (Å²) in [6, 6.07) is 12.4. The number of ether oxygens (including phenoxy) is 3. The van der Waals surface area contributed by atoms with E-state index >= 15 is 0 Å². The lowest BCUT2D eigenvalue weighted by molar-refractivity contribution is 0.0434. The van der Waals surface area contributed by atoms with Gasteiger partial charge in [-0.2, -0.15) is 0 Å². The number of hydrogen-bond acceptors (Lipinski definition) is 6. The van der Waals surface area contributed by atoms with Crippen LogP contribution < -0.4 is 14.2 Å². The SMILES string of the molecule is CCCN1CCC2(CC1)CN(Cc1ccc3c(c1)OCO3)[C@@H](CO)c1[nH]c3cc(OC)ccc3c12. The average Bonchev–Trinajstić information content (AvgIpc) is 3.50. The maximum absolute atomic E-state index is 10.6. The van der Waals surface area contributed by atoms with Gasteiger partial charge in [-0.05, 0) is 74.3 Å². The first-order valence-corrected chi connectivity index (χ1v) is 12.8. The van der Waals surface area contributed by atoms with Gasteiger partial charge in [-0.3, -0.25) is 4.90 Å². The first kappa shape index (κ1) is 22.7. The Balaban J connectivity index is 1.41. The number of piperidine rings is 1. The van der Waals surface area contributed by atoms with Crippen LogP contribution in [0.1, 0.15) is 49.0 Å². The summed E-state index contributed by atoms with van der Waals surface area (Å²) in [7, 11) is 1.71. The highest BCUT2D eigenvalue weighted by atomic mass is 16.7. The zero-order valence-electron chi connectivity index (χ0n) is 20.7. The smallest absolute Gasteiger partial charge is 0.231 e. The number of H-pyrrole nitrogens is 1. The molecule has 0 amide bonds. The van der Waals surface area contributed by atoms with Gasteiger partial charge in [-0.1, -0.05) is 13.0 Å². The van der Waals surface area contributed by atoms with Gasteiger partial charge in [-0.15, -0.1) is 0 Å². The zero-order chi connectivity index (χ0) is 24.0. The van der Waals surface area contributed by atoms with Crippen LogP contribution in [0.25, 0.3) is 10.9 Å². The van der Waals surface area contributed by atoms with Crippen LogP contribution in [0.2, 0.25) is 0 Å². The second-order valence-electron chi connectivity index (χ2n) is 10.2. The van der Waals surface area contributed by atoms with Crippen LogP contribution in [0.3, 0.4) is 0 Å². The Morgan fingerprint density at radius 1 is 1.11 bits per heavy atom. The van der Waals surface area contributed by atoms with Gasteiger partial charge in [0.25, 0.3) is 0 Å². The number of likely N-dealkylation sites (tertiary alicyclic amines) is 1. The largest absolute Gasteiger partial charge is 0.497 e. The maximum Gasteiger partial charge on any atom is 0.231 e. The molecule has 0 saturated carbocycles. The number of aromatic amines is 1. The minimum Gasteiger partial charge on any atom is -0.497 e. The van der Waals surface area contributed by atoms with E-state index in [0.717, 1.165) is 74.0 Å². The van der Waals surface area contributed by atoms with Crippen LogP contribution in [0.15, 0.2) is 36.4 Å². The lowest BCUT2D eigenvalue weighted by Gasteiger charge is -2.50. The molecule has 0 unspecified atom stereocenters. The molecule has 0 radical (unpaired) electrons. The summed E-state index contributed by atoms with van der Waals surface area (Å²) >= 11 is 0. The molecule has 2 N–H and O–H groups in total. The molecule has 186 valence electrons. The third-order valence-electron chi connectivity index (χ3n) is 8.19. The van der Waals surface area contributed by atoms with Crippen molar-refractivity contribution in [1.29, 1.82) is 0 Å². The van der Waals surface area contributed by atoms with Gasteiger partial charge in [0, 0.05) is 41.2 Å². The molecule has 35 heavy (non-hydrogen) atoms. The highest BCUT2D eigenvalue weighted by Crippen LogP contribution is 2.49. The molecule has 0 aliphatic carbocycles. The monoisotopic (exact) mass is 477 g/mol. The summed E-state index contributed by atoms with van der Waals surface area (Å²) in [6.07, 6.45) is 3.43. The number of aromatic nitrogens is 1. The van der Waals surface area contributed by atoms with E-state index in [1.165, 1.54) is 22.9 Å². The Hall–Kier alpha value is -2.74. The van der Waals surface area contributed by atoms with Crippen molar-refractivity contribution in [3.63, 3.8) is 0 Å². The summed E-state index contributed by atoms with van der Waals surface area (Å²) in [5.41, 5.74) is 4.88. The fourth-order valence-corrected chi connectivity index (χ4v) is 6.48. The molecule has 3 aliphatic heterocycles. The standard InChI is InChI=1S/C28H35N3O4/c1-3-10-30-11-8-28(9-12-30)17-31(15-19-4-7-24-25(13-19)35-18-34-24)23(16-32)27-26(28)21-6-5-20(33-2)14-22(21)29-27/h4-7,13-14,23,29,32H,3,8-12,15-18H2,1-2H3/t23-/m0/s1. The van der Waals surface area contributed by atoms with Gasteiger partial charge in [0.15, 0.2) is 11.5 Å². The number of aliphatic hydroxyl groups is 1. The quantitative estimate of drug-likeness (QED) is 0.555. The number of fused-ring (bicyclic) bond motifs is 5. The van der Waals surface area contributed by atoms with Crippen molar-refractivity contribution in [2.45, 2.75) is 44.2 Å². The molecule has 6 rings (SSSR count). The maximum atomic E-state index is 10.6. The zero-order valence-corrected chi connectivity index (χ0v) is 20.7. The van der Waals surface area contributed by atoms with E-state index in [2.05, 4.69) is 52.0 Å². The third kappa shape index (κ3) is 3.86. The minimum absolute atomic E-state index is 0.0500. The Bertz CT molecular complexity index is 1210. The van der Waals surface area contributed by atoms with Crippen molar-refractivity contribution in [3.8, 4) is 17.2 Å². The topological polar surface area (TPSA) is 70.2 Å². The summed E-state index contributed by atoms with van der Waals surface area (Å²) in [6.45, 7) is 7.67. The van der Waals surface area contributed by atoms with Crippen molar-refractivity contribution in [2.75, 3.05) is 46.7 Å². The van der Waals surface area contributed by atoms with Gasteiger partial charge < -0.3 is 29.2 Å². The molecular formula is C28H35N3O4. The molecule has 4 heterocycles. The van der Waals surface area contributed by atoms with Crippen LogP contribution in [0.5, 0.6) is 17.2 Å². The Labute approximate surface area is 206 Å². The van der Waals surface area contributed by atoms with E-state index < -0.39 is 0 Å². The average molecular weight is 478 g/mol. The summed E-state index contributed by atoms with van der Waals surface area (Å²) in [5, 5.41) is 11.9. The predicted octanol–water partition coefficient (Wildman–Crippen LogP) is 4.20. The third-order valence-corrected chi connectivity index (χ3v) is 8.19. The van der Waals surface area contributed by atoms with Gasteiger partial charge in [-0.25, -0.2) is 0 Å². The minimum atomic E-state index is -0.0897. The number of nitrogens with one attached hydrogen (secondary N) is 1. The molecule has 0 bridgehead atoms. The number of rotatable bonds is 6. The van der Waals surface area contributed by atoms with Crippen molar-refractivity contribution in [1.82, 2.24) is 14.8 Å². The fraction of sp³-hybridized carbons (Fsp3) is 0.500. The molecule has 1 aromatic heterocycles. The van der Waals surface area contributed by atoms with Gasteiger partial charge in [0.2, 0.25) is 6.79 Å². The van der Waals surface area contributed by atoms with Crippen molar-refractivity contribution in [3.05, 3.63) is 53.2 Å². The highest BCUT2D eigenvalue weighted by molar-refractivity contribution is 5.87. The molecule has 7 nitrogen and oxygen atoms in total. The van der Waals surface area contributed by atoms with Gasteiger partial charge in [0.05, 0.1) is 19.8 Å². The molecule has 1 spiro atoms. The number of benzene rings is 2. The van der Waals surface area contributed by atoms with Gasteiger partial charge >= 0.3 is 0 Å². The van der Waals surface area contributed by atoms with Crippen LogP contribution in [0, 0.1) is 0 Å². The van der Waals surface area contributed by atoms with E-state index in [1.807, 2.05) is 6.07 Å². The molecule has 3 aliphatic rings. The van der Waals surface area contributed by atoms with Gasteiger partial charge in [0.1, 0.15) is 5.75 Å². The second-order valence-corrected chi connectivity index (χ2v) is 10.2. The van der Waals surface area contributed by atoms with Crippen LogP contribution >= 0.6 is 0 Å². The van der Waals surface area contributed by atoms with Crippen LogP contribution in [-0.2, 0) is 12.0 Å². The molecular weight excluding hydrogens is 442 g/mol. The molecule has 7 heteroatoms. The Morgan fingerprint density at radius 2 is 1.94 bits per heavy atom. The number of aliphatic hydroxyl groups excluding tert-OH is 1. The normalized spacial score (nSPS) is 21.5. The van der Waals surface area contributed by atoms with Crippen molar-refractivity contribution < 1.29 is 19.3 Å². The first-order valence-electron chi connectivity index (χ1n) is 12.8. The lowest BCUT2D eigenvalue weighted by Crippen LogP contribution is -2.53. The number of hydrogen-bond donors (Lipinski definition) is 2. The van der Waals surface area contributed by atoms with Crippen LogP contribution in [-0.4, -0.2) is 66.6 Å². The van der Waals surface area contributed by atoms with Crippen molar-refractivity contribution in [2.24, 2.45) is 0 Å². The van der Waals surface area contributed by atoms with E-state index in [4.69, 9.17) is 14.2 Å². The molecule has 3 aromatic rings. The van der Waals surface area contributed by atoms with E-state index in [1.54, 1.807) is 7.11 Å².